The fraction of sp³-hybridized carbons (Fsp3) is 0.0889. The molecule has 9 aromatic rings. The Morgan fingerprint density at radius 2 is 1.27 bits per heavy atom. The van der Waals surface area contributed by atoms with Gasteiger partial charge >= 0.3 is 0 Å². The lowest BCUT2D eigenvalue weighted by Crippen LogP contribution is -2.24. The molecule has 0 radical (unpaired) electrons. The average Bonchev–Trinajstić information content (AvgIpc) is 3.70. The topological polar surface area (TPSA) is 44.1 Å². The summed E-state index contributed by atoms with van der Waals surface area (Å²) < 4.78 is 26.6. The maximum atomic E-state index is 15.1. The standard InChI is InChI=1S/C45H35N2O2PS/c1-45(2,3)30-25-26-46-42(27-30)47-39-24-23-37-36-19-10-11-20-41(36)51-44(37)43(39)38-22-21-32(29-40(38)47)49-31-13-12-18-35(28-31)50(48,33-14-6-4-7-15-33)34-16-8-5-9-17-34/h4-29H,1-3H3. The number of fused-ring (bicyclic) bond motifs is 7. The zero-order valence-corrected chi connectivity index (χ0v) is 30.3. The summed E-state index contributed by atoms with van der Waals surface area (Å²) in [4.78, 5) is 4.92. The second-order valence-electron chi connectivity index (χ2n) is 14.0. The summed E-state index contributed by atoms with van der Waals surface area (Å²) in [6.45, 7) is 6.69. The third-order valence-corrected chi connectivity index (χ3v) is 14.0. The first-order valence-electron chi connectivity index (χ1n) is 17.1. The summed E-state index contributed by atoms with van der Waals surface area (Å²) in [7, 11) is -3.16. The maximum absolute atomic E-state index is 15.1. The van der Waals surface area contributed by atoms with Crippen LogP contribution < -0.4 is 20.7 Å². The molecule has 6 heteroatoms. The van der Waals surface area contributed by atoms with Gasteiger partial charge in [-0.05, 0) is 59.5 Å². The lowest BCUT2D eigenvalue weighted by atomic mass is 9.88. The van der Waals surface area contributed by atoms with Crippen LogP contribution in [0.25, 0.3) is 47.8 Å². The zero-order valence-electron chi connectivity index (χ0n) is 28.6. The minimum atomic E-state index is -3.16. The molecule has 51 heavy (non-hydrogen) atoms. The molecule has 0 spiro atoms. The second kappa shape index (κ2) is 12.1. The minimum absolute atomic E-state index is 0.0343. The van der Waals surface area contributed by atoms with E-state index in [9.17, 15) is 0 Å². The van der Waals surface area contributed by atoms with Crippen LogP contribution in [0.1, 0.15) is 26.3 Å². The Bertz CT molecular complexity index is 2750. The van der Waals surface area contributed by atoms with Crippen LogP contribution in [0.4, 0.5) is 0 Å². The zero-order chi connectivity index (χ0) is 34.7. The summed E-state index contributed by atoms with van der Waals surface area (Å²) in [5.41, 5.74) is 3.30. The maximum Gasteiger partial charge on any atom is 0.171 e. The largest absolute Gasteiger partial charge is 0.457 e. The van der Waals surface area contributed by atoms with E-state index in [0.29, 0.717) is 11.5 Å². The molecular weight excluding hydrogens is 664 g/mol. The van der Waals surface area contributed by atoms with E-state index < -0.39 is 7.14 Å². The molecular formula is C45H35N2O2PS. The van der Waals surface area contributed by atoms with E-state index in [2.05, 4.69) is 86.0 Å². The Morgan fingerprint density at radius 3 is 2.02 bits per heavy atom. The SMILES string of the molecule is CC(C)(C)c1ccnc(-n2c3cc(Oc4cccc(P(=O)(c5ccccc5)c5ccccc5)c4)ccc3c3c4sc5ccccc5c4ccc32)c1. The molecule has 9 rings (SSSR count). The van der Waals surface area contributed by atoms with E-state index in [1.807, 2.05) is 109 Å². The van der Waals surface area contributed by atoms with Gasteiger partial charge in [-0.2, -0.15) is 0 Å². The molecule has 0 atom stereocenters. The molecule has 3 aromatic heterocycles. The molecule has 6 aromatic carbocycles. The molecule has 0 aliphatic carbocycles. The van der Waals surface area contributed by atoms with Crippen LogP contribution in [-0.2, 0) is 9.98 Å². The number of pyridine rings is 1. The lowest BCUT2D eigenvalue weighted by molar-refractivity contribution is 0.483. The molecule has 3 heterocycles. The minimum Gasteiger partial charge on any atom is -0.457 e. The van der Waals surface area contributed by atoms with Crippen LogP contribution in [-0.4, -0.2) is 9.55 Å². The van der Waals surface area contributed by atoms with Crippen LogP contribution in [0.3, 0.4) is 0 Å². The number of hydrogen-bond donors (Lipinski definition) is 0. The van der Waals surface area contributed by atoms with Gasteiger partial charge in [-0.1, -0.05) is 118 Å². The van der Waals surface area contributed by atoms with Crippen molar-refractivity contribution in [3.05, 3.63) is 163 Å². The van der Waals surface area contributed by atoms with Crippen molar-refractivity contribution in [1.29, 1.82) is 0 Å². The Hall–Kier alpha value is -5.48. The number of aromatic nitrogens is 2. The van der Waals surface area contributed by atoms with Crippen molar-refractivity contribution in [2.24, 2.45) is 0 Å². The fourth-order valence-electron chi connectivity index (χ4n) is 7.18. The Balaban J connectivity index is 1.22. The van der Waals surface area contributed by atoms with Gasteiger partial charge in [0.1, 0.15) is 17.3 Å². The van der Waals surface area contributed by atoms with Gasteiger partial charge in [0, 0.05) is 59.1 Å². The third-order valence-electron chi connectivity index (χ3n) is 9.74. The highest BCUT2D eigenvalue weighted by atomic mass is 32.1. The van der Waals surface area contributed by atoms with Crippen molar-refractivity contribution in [3.8, 4) is 17.3 Å². The highest BCUT2D eigenvalue weighted by molar-refractivity contribution is 7.85. The van der Waals surface area contributed by atoms with Crippen LogP contribution >= 0.6 is 18.5 Å². The highest BCUT2D eigenvalue weighted by Gasteiger charge is 2.30. The van der Waals surface area contributed by atoms with Crippen LogP contribution in [0.5, 0.6) is 11.5 Å². The molecule has 0 N–H and O–H groups in total. The fourth-order valence-corrected chi connectivity index (χ4v) is 11.1. The molecule has 0 saturated carbocycles. The molecule has 0 fully saturated rings. The summed E-state index contributed by atoms with van der Waals surface area (Å²) in [6.07, 6.45) is 1.91. The predicted molar refractivity (Wildman–Crippen MR) is 216 cm³/mol. The number of nitrogens with zero attached hydrogens (tertiary/aromatic N) is 2. The van der Waals surface area contributed by atoms with Gasteiger partial charge in [-0.3, -0.25) is 4.57 Å². The summed E-state index contributed by atoms with van der Waals surface area (Å²) in [5.74, 6) is 2.19. The van der Waals surface area contributed by atoms with E-state index in [-0.39, 0.29) is 5.41 Å². The van der Waals surface area contributed by atoms with Crippen molar-refractivity contribution in [2.45, 2.75) is 26.2 Å². The molecule has 248 valence electrons. The van der Waals surface area contributed by atoms with Crippen molar-refractivity contribution >= 4 is 76.4 Å². The molecule has 0 amide bonds. The lowest BCUT2D eigenvalue weighted by Gasteiger charge is -2.20. The number of thiophene rings is 1. The molecule has 0 bridgehead atoms. The molecule has 4 nitrogen and oxygen atoms in total. The van der Waals surface area contributed by atoms with Gasteiger partial charge in [0.05, 0.1) is 11.0 Å². The van der Waals surface area contributed by atoms with Crippen LogP contribution in [0.2, 0.25) is 0 Å². The summed E-state index contributed by atoms with van der Waals surface area (Å²) in [6, 6.07) is 50.9. The summed E-state index contributed by atoms with van der Waals surface area (Å²) in [5, 5.41) is 7.19. The Morgan fingerprint density at radius 1 is 0.608 bits per heavy atom. The third kappa shape index (κ3) is 5.28. The van der Waals surface area contributed by atoms with Gasteiger partial charge in [0.25, 0.3) is 0 Å². The quantitative estimate of drug-likeness (QED) is 0.162. The highest BCUT2D eigenvalue weighted by Crippen LogP contribution is 2.45. The molecule has 0 saturated heterocycles. The molecule has 0 aliphatic rings. The average molecular weight is 699 g/mol. The number of rotatable bonds is 6. The number of benzene rings is 6. The second-order valence-corrected chi connectivity index (χ2v) is 17.8. The number of hydrogen-bond acceptors (Lipinski definition) is 4. The van der Waals surface area contributed by atoms with Gasteiger partial charge < -0.3 is 9.30 Å². The van der Waals surface area contributed by atoms with E-state index in [1.165, 1.54) is 31.1 Å². The first-order chi connectivity index (χ1) is 24.8. The van der Waals surface area contributed by atoms with E-state index in [4.69, 9.17) is 9.72 Å². The van der Waals surface area contributed by atoms with Gasteiger partial charge in [-0.15, -0.1) is 11.3 Å². The Labute approximate surface area is 301 Å². The van der Waals surface area contributed by atoms with Crippen molar-refractivity contribution in [2.75, 3.05) is 0 Å². The van der Waals surface area contributed by atoms with Gasteiger partial charge in [0.2, 0.25) is 0 Å². The van der Waals surface area contributed by atoms with E-state index in [1.54, 1.807) is 0 Å². The van der Waals surface area contributed by atoms with Crippen molar-refractivity contribution < 1.29 is 9.30 Å². The normalized spacial score (nSPS) is 12.3. The van der Waals surface area contributed by atoms with Crippen LogP contribution in [0, 0.1) is 0 Å². The number of ether oxygens (including phenoxy) is 1. The van der Waals surface area contributed by atoms with Gasteiger partial charge in [-0.25, -0.2) is 4.98 Å². The predicted octanol–water partition coefficient (Wildman–Crippen LogP) is 11.3. The Kier molecular flexibility index (Phi) is 7.47. The van der Waals surface area contributed by atoms with Crippen LogP contribution in [0.15, 0.2) is 158 Å². The summed E-state index contributed by atoms with van der Waals surface area (Å²) >= 11 is 1.84. The first-order valence-corrected chi connectivity index (χ1v) is 19.7. The molecule has 0 aliphatic heterocycles. The monoisotopic (exact) mass is 698 g/mol. The smallest absolute Gasteiger partial charge is 0.171 e. The van der Waals surface area contributed by atoms with E-state index in [0.717, 1.165) is 38.2 Å². The van der Waals surface area contributed by atoms with E-state index >= 15 is 4.57 Å². The van der Waals surface area contributed by atoms with Crippen molar-refractivity contribution in [3.63, 3.8) is 0 Å². The van der Waals surface area contributed by atoms with Gasteiger partial charge in [0.15, 0.2) is 7.14 Å². The first kappa shape index (κ1) is 31.5. The van der Waals surface area contributed by atoms with Crippen molar-refractivity contribution in [1.82, 2.24) is 9.55 Å². The molecule has 0 unspecified atom stereocenters.